The number of aromatic hydroxyl groups is 6. The number of esters is 1. The molecule has 0 aliphatic heterocycles. The van der Waals surface area contributed by atoms with Crippen molar-refractivity contribution in [3.05, 3.63) is 46.5 Å². The molecule has 2 aromatic rings. The van der Waals surface area contributed by atoms with Crippen LogP contribution in [0.4, 0.5) is 0 Å². The van der Waals surface area contributed by atoms with Crippen molar-refractivity contribution in [2.75, 3.05) is 6.61 Å². The van der Waals surface area contributed by atoms with E-state index in [4.69, 9.17) is 4.74 Å². The van der Waals surface area contributed by atoms with Crippen LogP contribution in [0.15, 0.2) is 35.4 Å². The highest BCUT2D eigenvalue weighted by molar-refractivity contribution is 6.14. The van der Waals surface area contributed by atoms with E-state index < -0.39 is 40.5 Å². The third-order valence-electron chi connectivity index (χ3n) is 5.23. The second kappa shape index (κ2) is 9.56. The summed E-state index contributed by atoms with van der Waals surface area (Å²) in [6.45, 7) is 1.90. The van der Waals surface area contributed by atoms with Gasteiger partial charge in [-0.15, -0.1) is 0 Å². The van der Waals surface area contributed by atoms with Crippen molar-refractivity contribution in [3.63, 3.8) is 0 Å². The van der Waals surface area contributed by atoms with Crippen LogP contribution in [0, 0.1) is 5.92 Å². The van der Waals surface area contributed by atoms with Gasteiger partial charge in [-0.25, -0.2) is 0 Å². The molecule has 3 rings (SSSR count). The van der Waals surface area contributed by atoms with Gasteiger partial charge < -0.3 is 35.4 Å². The van der Waals surface area contributed by atoms with Gasteiger partial charge in [0.1, 0.15) is 0 Å². The Kier molecular flexibility index (Phi) is 6.81. The predicted molar refractivity (Wildman–Crippen MR) is 118 cm³/mol. The van der Waals surface area contributed by atoms with Gasteiger partial charge in [0.05, 0.1) is 6.61 Å². The van der Waals surface area contributed by atoms with Gasteiger partial charge in [0, 0.05) is 17.6 Å². The van der Waals surface area contributed by atoms with Crippen LogP contribution in [-0.4, -0.2) is 49.0 Å². The van der Waals surface area contributed by atoms with Crippen molar-refractivity contribution in [1.29, 1.82) is 0 Å². The summed E-state index contributed by atoms with van der Waals surface area (Å²) >= 11 is 0. The molecule has 1 unspecified atom stereocenters. The van der Waals surface area contributed by atoms with Crippen LogP contribution >= 0.6 is 0 Å². The molecular weight excluding hydrogens is 432 g/mol. The zero-order valence-electron chi connectivity index (χ0n) is 17.8. The second-order valence-electron chi connectivity index (χ2n) is 7.77. The number of allylic oxidation sites excluding steroid dienone is 2. The Morgan fingerprint density at radius 3 is 1.61 bits per heavy atom. The lowest BCUT2D eigenvalue weighted by Gasteiger charge is -2.25. The maximum atomic E-state index is 13.2. The molecule has 0 aromatic heterocycles. The number of ketones is 1. The summed E-state index contributed by atoms with van der Waals surface area (Å²) in [5.74, 6) is -4.67. The van der Waals surface area contributed by atoms with Crippen molar-refractivity contribution in [2.45, 2.75) is 26.2 Å². The van der Waals surface area contributed by atoms with E-state index in [9.17, 15) is 40.2 Å². The molecule has 1 atom stereocenters. The minimum atomic E-state index is -0.681. The summed E-state index contributed by atoms with van der Waals surface area (Å²) < 4.78 is 5.02. The SMILES string of the molecule is CCOC(=O)CC1C/C(=C/c2cc(O)c(O)c(O)c2)C(=O)/C(=C/c2cc(O)c(O)c(O)c2)C1. The van der Waals surface area contributed by atoms with E-state index in [-0.39, 0.29) is 48.7 Å². The molecule has 0 amide bonds. The van der Waals surface area contributed by atoms with E-state index in [0.717, 1.165) is 0 Å². The molecule has 174 valence electrons. The highest BCUT2D eigenvalue weighted by atomic mass is 16.5. The Labute approximate surface area is 189 Å². The molecule has 0 saturated heterocycles. The van der Waals surface area contributed by atoms with E-state index in [2.05, 4.69) is 0 Å². The first-order valence-corrected chi connectivity index (χ1v) is 10.2. The third-order valence-corrected chi connectivity index (χ3v) is 5.23. The minimum absolute atomic E-state index is 0.0496. The second-order valence-corrected chi connectivity index (χ2v) is 7.77. The van der Waals surface area contributed by atoms with Crippen LogP contribution in [-0.2, 0) is 14.3 Å². The molecule has 0 bridgehead atoms. The van der Waals surface area contributed by atoms with Gasteiger partial charge in [-0.1, -0.05) is 0 Å². The molecule has 1 fully saturated rings. The summed E-state index contributed by atoms with van der Waals surface area (Å²) in [4.78, 5) is 25.2. The van der Waals surface area contributed by atoms with Gasteiger partial charge in [-0.2, -0.15) is 0 Å². The average molecular weight is 456 g/mol. The number of hydrogen-bond acceptors (Lipinski definition) is 9. The van der Waals surface area contributed by atoms with Crippen LogP contribution in [0.5, 0.6) is 34.5 Å². The van der Waals surface area contributed by atoms with Crippen LogP contribution in [0.1, 0.15) is 37.3 Å². The van der Waals surface area contributed by atoms with Gasteiger partial charge in [-0.05, 0) is 73.2 Å². The molecule has 2 aromatic carbocycles. The first-order valence-electron chi connectivity index (χ1n) is 10.2. The highest BCUT2D eigenvalue weighted by Crippen LogP contribution is 2.40. The maximum absolute atomic E-state index is 13.2. The Balaban J connectivity index is 2.02. The molecule has 0 radical (unpaired) electrons. The number of phenolic OH excluding ortho intramolecular Hbond substituents is 6. The summed E-state index contributed by atoms with van der Waals surface area (Å²) in [7, 11) is 0. The normalized spacial score (nSPS) is 18.6. The van der Waals surface area contributed by atoms with Crippen molar-refractivity contribution < 1.29 is 45.0 Å². The van der Waals surface area contributed by atoms with Crippen LogP contribution in [0.3, 0.4) is 0 Å². The van der Waals surface area contributed by atoms with Crippen molar-refractivity contribution >= 4 is 23.9 Å². The molecule has 1 aliphatic carbocycles. The number of hydrogen-bond donors (Lipinski definition) is 6. The van der Waals surface area contributed by atoms with Crippen LogP contribution in [0.2, 0.25) is 0 Å². The Morgan fingerprint density at radius 2 is 1.24 bits per heavy atom. The topological polar surface area (TPSA) is 165 Å². The van der Waals surface area contributed by atoms with Crippen LogP contribution < -0.4 is 0 Å². The molecular formula is C24H24O9. The Morgan fingerprint density at radius 1 is 0.848 bits per heavy atom. The first-order chi connectivity index (χ1) is 15.6. The number of phenols is 6. The standard InChI is InChI=1S/C24H24O9/c1-2-33-21(29)11-12-3-15(5-13-7-17(25)23(31)18(26)8-13)22(30)16(4-12)6-14-9-19(27)24(32)20(28)10-14/h5-10,12,25-28,31-32H,2-4,11H2,1H3/b15-5-,16-6+. The molecule has 1 saturated carbocycles. The average Bonchev–Trinajstić information content (AvgIpc) is 2.73. The number of carbonyl (C=O) groups is 2. The fourth-order valence-electron chi connectivity index (χ4n) is 3.75. The predicted octanol–water partition coefficient (Wildman–Crippen LogP) is 3.32. The lowest BCUT2D eigenvalue weighted by atomic mass is 9.78. The van der Waals surface area contributed by atoms with E-state index in [1.165, 1.54) is 36.4 Å². The molecule has 6 N–H and O–H groups in total. The van der Waals surface area contributed by atoms with E-state index in [0.29, 0.717) is 11.1 Å². The van der Waals surface area contributed by atoms with Crippen molar-refractivity contribution in [2.24, 2.45) is 5.92 Å². The van der Waals surface area contributed by atoms with Crippen molar-refractivity contribution in [1.82, 2.24) is 0 Å². The lowest BCUT2D eigenvalue weighted by molar-refractivity contribution is -0.144. The molecule has 9 nitrogen and oxygen atoms in total. The fraction of sp³-hybridized carbons (Fsp3) is 0.250. The number of ether oxygens (including phenoxy) is 1. The van der Waals surface area contributed by atoms with Gasteiger partial charge in [0.2, 0.25) is 0 Å². The van der Waals surface area contributed by atoms with E-state index in [1.807, 2.05) is 0 Å². The summed E-state index contributed by atoms with van der Waals surface area (Å²) in [6.07, 6.45) is 3.39. The fourth-order valence-corrected chi connectivity index (χ4v) is 3.75. The number of Topliss-reactive ketones (excluding diaryl/α,β-unsaturated/α-hetero) is 1. The molecule has 9 heteroatoms. The molecule has 0 spiro atoms. The van der Waals surface area contributed by atoms with Crippen molar-refractivity contribution in [3.8, 4) is 34.5 Å². The summed E-state index contributed by atoms with van der Waals surface area (Å²) in [5.41, 5.74) is 1.11. The highest BCUT2D eigenvalue weighted by Gasteiger charge is 2.30. The van der Waals surface area contributed by atoms with Gasteiger partial charge in [-0.3, -0.25) is 9.59 Å². The first kappa shape index (κ1) is 23.5. The minimum Gasteiger partial charge on any atom is -0.504 e. The Hall–Kier alpha value is -4.14. The summed E-state index contributed by atoms with van der Waals surface area (Å²) in [5, 5.41) is 58.1. The smallest absolute Gasteiger partial charge is 0.306 e. The van der Waals surface area contributed by atoms with Gasteiger partial charge >= 0.3 is 5.97 Å². The quantitative estimate of drug-likeness (QED) is 0.225. The summed E-state index contributed by atoms with van der Waals surface area (Å²) in [6, 6.07) is 4.74. The molecule has 0 heterocycles. The zero-order chi connectivity index (χ0) is 24.3. The maximum Gasteiger partial charge on any atom is 0.306 e. The monoisotopic (exact) mass is 456 g/mol. The molecule has 33 heavy (non-hydrogen) atoms. The zero-order valence-corrected chi connectivity index (χ0v) is 17.8. The lowest BCUT2D eigenvalue weighted by Crippen LogP contribution is -2.22. The number of benzene rings is 2. The van der Waals surface area contributed by atoms with Gasteiger partial charge in [0.15, 0.2) is 40.3 Å². The molecule has 1 aliphatic rings. The third kappa shape index (κ3) is 5.38. The van der Waals surface area contributed by atoms with Gasteiger partial charge in [0.25, 0.3) is 0 Å². The van der Waals surface area contributed by atoms with E-state index >= 15 is 0 Å². The van der Waals surface area contributed by atoms with E-state index in [1.54, 1.807) is 6.92 Å². The number of rotatable bonds is 5. The number of carbonyl (C=O) groups excluding carboxylic acids is 2. The van der Waals surface area contributed by atoms with Crippen LogP contribution in [0.25, 0.3) is 12.2 Å². The Bertz CT molecular complexity index is 1040. The largest absolute Gasteiger partial charge is 0.504 e.